The molecule has 0 aliphatic heterocycles. The summed E-state index contributed by atoms with van der Waals surface area (Å²) < 4.78 is 0.656. The Morgan fingerprint density at radius 1 is 1.60 bits per heavy atom. The van der Waals surface area contributed by atoms with Gasteiger partial charge in [0.1, 0.15) is 11.4 Å². The molecule has 0 amide bonds. The molecule has 0 aliphatic carbocycles. The standard InChI is InChI=1S/C14H15BrN2O2S/c1-2-4-11(12-5-3-6-20-12)17-13-10(14(18)19)7-9(15)8-16-13/h3,5-8,11H,2,4H2,1H3,(H,16,17)(H,18,19). The van der Waals surface area contributed by atoms with Crippen LogP contribution in [-0.4, -0.2) is 16.1 Å². The highest BCUT2D eigenvalue weighted by Crippen LogP contribution is 2.28. The van der Waals surface area contributed by atoms with Crippen molar-refractivity contribution in [1.29, 1.82) is 0 Å². The molecular formula is C14H15BrN2O2S. The molecular weight excluding hydrogens is 340 g/mol. The van der Waals surface area contributed by atoms with Crippen molar-refractivity contribution in [3.05, 3.63) is 44.7 Å². The number of carboxylic acids is 1. The Morgan fingerprint density at radius 3 is 3.00 bits per heavy atom. The fourth-order valence-electron chi connectivity index (χ4n) is 1.95. The number of hydrogen-bond acceptors (Lipinski definition) is 4. The normalized spacial score (nSPS) is 12.1. The summed E-state index contributed by atoms with van der Waals surface area (Å²) in [5, 5.41) is 14.5. The van der Waals surface area contributed by atoms with Crippen molar-refractivity contribution >= 4 is 39.1 Å². The van der Waals surface area contributed by atoms with E-state index in [-0.39, 0.29) is 11.6 Å². The van der Waals surface area contributed by atoms with Crippen molar-refractivity contribution in [2.24, 2.45) is 0 Å². The number of rotatable bonds is 6. The molecule has 0 fully saturated rings. The number of carboxylic acid groups (broad SMARTS) is 1. The van der Waals surface area contributed by atoms with Crippen molar-refractivity contribution in [3.63, 3.8) is 0 Å². The van der Waals surface area contributed by atoms with Crippen molar-refractivity contribution in [3.8, 4) is 0 Å². The van der Waals surface area contributed by atoms with Gasteiger partial charge >= 0.3 is 5.97 Å². The zero-order chi connectivity index (χ0) is 14.5. The van der Waals surface area contributed by atoms with E-state index in [2.05, 4.69) is 39.2 Å². The zero-order valence-corrected chi connectivity index (χ0v) is 13.4. The highest BCUT2D eigenvalue weighted by molar-refractivity contribution is 9.10. The number of nitrogens with one attached hydrogen (secondary N) is 1. The molecule has 2 aromatic heterocycles. The Balaban J connectivity index is 2.29. The van der Waals surface area contributed by atoms with E-state index in [1.165, 1.54) is 4.88 Å². The fourth-order valence-corrected chi connectivity index (χ4v) is 3.09. The largest absolute Gasteiger partial charge is 0.478 e. The van der Waals surface area contributed by atoms with Gasteiger partial charge in [-0.05, 0) is 39.9 Å². The molecule has 0 aromatic carbocycles. The molecule has 0 spiro atoms. The first-order valence-electron chi connectivity index (χ1n) is 6.30. The van der Waals surface area contributed by atoms with Crippen LogP contribution in [0.5, 0.6) is 0 Å². The second-order valence-electron chi connectivity index (χ2n) is 4.36. The Kier molecular flexibility index (Phi) is 5.14. The minimum Gasteiger partial charge on any atom is -0.478 e. The van der Waals surface area contributed by atoms with Crippen molar-refractivity contribution in [2.45, 2.75) is 25.8 Å². The summed E-state index contributed by atoms with van der Waals surface area (Å²) in [6.07, 6.45) is 3.54. The molecule has 106 valence electrons. The number of pyridine rings is 1. The maximum absolute atomic E-state index is 11.3. The van der Waals surface area contributed by atoms with Gasteiger partial charge in [-0.3, -0.25) is 0 Å². The van der Waals surface area contributed by atoms with Gasteiger partial charge in [-0.25, -0.2) is 9.78 Å². The zero-order valence-electron chi connectivity index (χ0n) is 11.0. The van der Waals surface area contributed by atoms with E-state index in [4.69, 9.17) is 0 Å². The van der Waals surface area contributed by atoms with Crippen molar-refractivity contribution in [1.82, 2.24) is 4.98 Å². The molecule has 4 nitrogen and oxygen atoms in total. The number of aromatic carboxylic acids is 1. The maximum Gasteiger partial charge on any atom is 0.339 e. The third kappa shape index (κ3) is 3.58. The predicted octanol–water partition coefficient (Wildman–Crippen LogP) is 4.56. The molecule has 1 atom stereocenters. The molecule has 0 bridgehead atoms. The average Bonchev–Trinajstić information content (AvgIpc) is 2.93. The number of carbonyl (C=O) groups is 1. The lowest BCUT2D eigenvalue weighted by Crippen LogP contribution is -2.14. The second kappa shape index (κ2) is 6.85. The smallest absolute Gasteiger partial charge is 0.339 e. The minimum absolute atomic E-state index is 0.0896. The van der Waals surface area contributed by atoms with Crippen molar-refractivity contribution in [2.75, 3.05) is 5.32 Å². The van der Waals surface area contributed by atoms with E-state index >= 15 is 0 Å². The van der Waals surface area contributed by atoms with Crippen LogP contribution in [0.15, 0.2) is 34.2 Å². The SMILES string of the molecule is CCCC(Nc1ncc(Br)cc1C(=O)O)c1cccs1. The van der Waals surface area contributed by atoms with Gasteiger partial charge in [-0.1, -0.05) is 19.4 Å². The summed E-state index contributed by atoms with van der Waals surface area (Å²) in [7, 11) is 0. The topological polar surface area (TPSA) is 62.2 Å². The molecule has 0 saturated carbocycles. The van der Waals surface area contributed by atoms with Gasteiger partial charge in [-0.2, -0.15) is 0 Å². The molecule has 2 aromatic rings. The van der Waals surface area contributed by atoms with Crippen molar-refractivity contribution < 1.29 is 9.90 Å². The van der Waals surface area contributed by atoms with Crippen LogP contribution in [0.2, 0.25) is 0 Å². The lowest BCUT2D eigenvalue weighted by molar-refractivity contribution is 0.0697. The number of anilines is 1. The molecule has 2 rings (SSSR count). The second-order valence-corrected chi connectivity index (χ2v) is 6.25. The van der Waals surface area contributed by atoms with Gasteiger partial charge < -0.3 is 10.4 Å². The number of nitrogens with zero attached hydrogens (tertiary/aromatic N) is 1. The van der Waals surface area contributed by atoms with Crippen LogP contribution in [0, 0.1) is 0 Å². The van der Waals surface area contributed by atoms with E-state index in [1.54, 1.807) is 23.6 Å². The Hall–Kier alpha value is -1.40. The highest BCUT2D eigenvalue weighted by atomic mass is 79.9. The van der Waals surface area contributed by atoms with Crippen LogP contribution in [0.4, 0.5) is 5.82 Å². The fraction of sp³-hybridized carbons (Fsp3) is 0.286. The third-order valence-electron chi connectivity index (χ3n) is 2.86. The molecule has 20 heavy (non-hydrogen) atoms. The monoisotopic (exact) mass is 354 g/mol. The molecule has 0 aliphatic rings. The summed E-state index contributed by atoms with van der Waals surface area (Å²) in [5.41, 5.74) is 0.178. The molecule has 2 heterocycles. The van der Waals surface area contributed by atoms with Crippen LogP contribution >= 0.6 is 27.3 Å². The van der Waals surface area contributed by atoms with Gasteiger partial charge in [0, 0.05) is 15.5 Å². The minimum atomic E-state index is -0.984. The van der Waals surface area contributed by atoms with E-state index in [1.807, 2.05) is 11.4 Å². The summed E-state index contributed by atoms with van der Waals surface area (Å²) in [6.45, 7) is 2.11. The molecule has 0 radical (unpaired) electrons. The van der Waals surface area contributed by atoms with E-state index in [0.29, 0.717) is 10.3 Å². The number of hydrogen-bond donors (Lipinski definition) is 2. The molecule has 0 saturated heterocycles. The van der Waals surface area contributed by atoms with Gasteiger partial charge in [0.25, 0.3) is 0 Å². The average molecular weight is 355 g/mol. The van der Waals surface area contributed by atoms with Crippen LogP contribution < -0.4 is 5.32 Å². The van der Waals surface area contributed by atoms with Gasteiger partial charge in [0.05, 0.1) is 6.04 Å². The molecule has 2 N–H and O–H groups in total. The van der Waals surface area contributed by atoms with Crippen LogP contribution in [0.25, 0.3) is 0 Å². The lowest BCUT2D eigenvalue weighted by atomic mass is 10.1. The Morgan fingerprint density at radius 2 is 2.40 bits per heavy atom. The summed E-state index contributed by atoms with van der Waals surface area (Å²) >= 11 is 4.91. The van der Waals surface area contributed by atoms with E-state index < -0.39 is 5.97 Å². The van der Waals surface area contributed by atoms with E-state index in [0.717, 1.165) is 12.8 Å². The Bertz CT molecular complexity index is 587. The quantitative estimate of drug-likeness (QED) is 0.798. The first kappa shape index (κ1) is 15.0. The van der Waals surface area contributed by atoms with Crippen LogP contribution in [0.3, 0.4) is 0 Å². The first-order chi connectivity index (χ1) is 9.61. The highest BCUT2D eigenvalue weighted by Gasteiger charge is 2.17. The molecule has 6 heteroatoms. The van der Waals surface area contributed by atoms with Crippen LogP contribution in [0.1, 0.15) is 41.0 Å². The number of thiophene rings is 1. The van der Waals surface area contributed by atoms with Gasteiger partial charge in [0.15, 0.2) is 0 Å². The molecule has 1 unspecified atom stereocenters. The lowest BCUT2D eigenvalue weighted by Gasteiger charge is -2.18. The summed E-state index contributed by atoms with van der Waals surface area (Å²) in [4.78, 5) is 16.7. The maximum atomic E-state index is 11.3. The van der Waals surface area contributed by atoms with E-state index in [9.17, 15) is 9.90 Å². The summed E-state index contributed by atoms with van der Waals surface area (Å²) in [5.74, 6) is -0.574. The van der Waals surface area contributed by atoms with Crippen LogP contribution in [-0.2, 0) is 0 Å². The third-order valence-corrected chi connectivity index (χ3v) is 4.28. The number of halogens is 1. The summed E-state index contributed by atoms with van der Waals surface area (Å²) in [6, 6.07) is 5.70. The number of aromatic nitrogens is 1. The predicted molar refractivity (Wildman–Crippen MR) is 84.5 cm³/mol. The van der Waals surface area contributed by atoms with Gasteiger partial charge in [0.2, 0.25) is 0 Å². The Labute approximate surface area is 130 Å². The first-order valence-corrected chi connectivity index (χ1v) is 7.98. The van der Waals surface area contributed by atoms with Gasteiger partial charge in [-0.15, -0.1) is 11.3 Å².